The van der Waals surface area contributed by atoms with Crippen LogP contribution in [0.4, 0.5) is 4.39 Å². The Bertz CT molecular complexity index is 399. The molecule has 2 rings (SSSR count). The maximum absolute atomic E-state index is 14.1. The molecule has 16 heavy (non-hydrogen) atoms. The van der Waals surface area contributed by atoms with Crippen LogP contribution in [0.2, 0.25) is 5.02 Å². The number of nitrogens with two attached hydrogens (primary N) is 1. The quantitative estimate of drug-likeness (QED) is 0.886. The molecule has 0 unspecified atom stereocenters. The van der Waals surface area contributed by atoms with Crippen molar-refractivity contribution in [2.24, 2.45) is 5.73 Å². The van der Waals surface area contributed by atoms with Crippen LogP contribution >= 0.6 is 11.6 Å². The second kappa shape index (κ2) is 4.22. The Morgan fingerprint density at radius 3 is 2.62 bits per heavy atom. The van der Waals surface area contributed by atoms with Crippen molar-refractivity contribution in [1.29, 1.82) is 0 Å². The summed E-state index contributed by atoms with van der Waals surface area (Å²) in [6.07, 6.45) is 2.93. The highest BCUT2D eigenvalue weighted by molar-refractivity contribution is 6.30. The minimum Gasteiger partial charge on any atom is -0.494 e. The molecular formula is C12H15ClFNO. The van der Waals surface area contributed by atoms with Crippen molar-refractivity contribution >= 4 is 11.6 Å². The van der Waals surface area contributed by atoms with Crippen LogP contribution in [0, 0.1) is 5.82 Å². The molecule has 2 N–H and O–H groups in total. The molecule has 1 aliphatic carbocycles. The van der Waals surface area contributed by atoms with E-state index < -0.39 is 0 Å². The molecule has 0 bridgehead atoms. The van der Waals surface area contributed by atoms with E-state index in [9.17, 15) is 4.39 Å². The largest absolute Gasteiger partial charge is 0.494 e. The van der Waals surface area contributed by atoms with Crippen molar-refractivity contribution in [2.75, 3.05) is 13.7 Å². The van der Waals surface area contributed by atoms with Crippen LogP contribution in [0.15, 0.2) is 12.1 Å². The zero-order valence-corrected chi connectivity index (χ0v) is 9.98. The highest BCUT2D eigenvalue weighted by Crippen LogP contribution is 2.46. The molecule has 1 aromatic carbocycles. The molecule has 0 atom stereocenters. The number of methoxy groups -OCH3 is 1. The lowest BCUT2D eigenvalue weighted by Gasteiger charge is -2.41. The van der Waals surface area contributed by atoms with E-state index in [0.717, 1.165) is 19.3 Å². The van der Waals surface area contributed by atoms with Gasteiger partial charge in [0.15, 0.2) is 11.6 Å². The minimum absolute atomic E-state index is 0.197. The maximum Gasteiger partial charge on any atom is 0.168 e. The first-order chi connectivity index (χ1) is 7.63. The smallest absolute Gasteiger partial charge is 0.168 e. The standard InChI is InChI=1S/C12H15ClFNO/c1-16-10-6-8(13)5-9(11(10)14)12(7-15)3-2-4-12/h5-6H,2-4,7,15H2,1H3. The first-order valence-corrected chi connectivity index (χ1v) is 5.74. The molecular weight excluding hydrogens is 229 g/mol. The van der Waals surface area contributed by atoms with E-state index >= 15 is 0 Å². The molecule has 0 spiro atoms. The van der Waals surface area contributed by atoms with Crippen molar-refractivity contribution < 1.29 is 9.13 Å². The van der Waals surface area contributed by atoms with Crippen LogP contribution in [0.25, 0.3) is 0 Å². The Balaban J connectivity index is 2.51. The Morgan fingerprint density at radius 2 is 2.19 bits per heavy atom. The number of hydrogen-bond acceptors (Lipinski definition) is 2. The number of rotatable bonds is 3. The van der Waals surface area contributed by atoms with Crippen molar-refractivity contribution in [3.63, 3.8) is 0 Å². The first kappa shape index (κ1) is 11.7. The van der Waals surface area contributed by atoms with E-state index in [1.54, 1.807) is 6.07 Å². The van der Waals surface area contributed by atoms with Crippen LogP contribution in [-0.4, -0.2) is 13.7 Å². The summed E-state index contributed by atoms with van der Waals surface area (Å²) >= 11 is 5.96. The molecule has 88 valence electrons. The Hall–Kier alpha value is -0.800. The van der Waals surface area contributed by atoms with E-state index in [-0.39, 0.29) is 17.0 Å². The number of ether oxygens (including phenoxy) is 1. The van der Waals surface area contributed by atoms with Gasteiger partial charge in [0.2, 0.25) is 0 Å². The van der Waals surface area contributed by atoms with E-state index in [1.165, 1.54) is 13.2 Å². The van der Waals surface area contributed by atoms with E-state index in [2.05, 4.69) is 0 Å². The third kappa shape index (κ3) is 1.68. The minimum atomic E-state index is -0.322. The monoisotopic (exact) mass is 243 g/mol. The maximum atomic E-state index is 14.1. The van der Waals surface area contributed by atoms with Gasteiger partial charge in [-0.15, -0.1) is 0 Å². The van der Waals surface area contributed by atoms with Gasteiger partial charge in [-0.3, -0.25) is 0 Å². The second-order valence-electron chi connectivity index (χ2n) is 4.31. The van der Waals surface area contributed by atoms with E-state index in [0.29, 0.717) is 17.1 Å². The van der Waals surface area contributed by atoms with Gasteiger partial charge in [0.05, 0.1) is 7.11 Å². The number of hydrogen-bond donors (Lipinski definition) is 1. The Labute approximate surface area is 99.5 Å². The molecule has 0 amide bonds. The van der Waals surface area contributed by atoms with Gasteiger partial charge in [-0.25, -0.2) is 4.39 Å². The SMILES string of the molecule is COc1cc(Cl)cc(C2(CN)CCC2)c1F. The summed E-state index contributed by atoms with van der Waals surface area (Å²) in [6.45, 7) is 0.452. The summed E-state index contributed by atoms with van der Waals surface area (Å²) in [5.41, 5.74) is 6.13. The molecule has 1 fully saturated rings. The van der Waals surface area contributed by atoms with E-state index in [4.69, 9.17) is 22.1 Å². The van der Waals surface area contributed by atoms with Gasteiger partial charge in [-0.05, 0) is 18.9 Å². The molecule has 2 nitrogen and oxygen atoms in total. The third-order valence-electron chi connectivity index (χ3n) is 3.50. The molecule has 0 radical (unpaired) electrons. The molecule has 0 saturated heterocycles. The normalized spacial score (nSPS) is 18.0. The van der Waals surface area contributed by atoms with Crippen molar-refractivity contribution in [2.45, 2.75) is 24.7 Å². The van der Waals surface area contributed by atoms with Gasteiger partial charge < -0.3 is 10.5 Å². The lowest BCUT2D eigenvalue weighted by atomic mass is 9.64. The predicted molar refractivity (Wildman–Crippen MR) is 62.5 cm³/mol. The second-order valence-corrected chi connectivity index (χ2v) is 4.74. The van der Waals surface area contributed by atoms with E-state index in [1.807, 2.05) is 0 Å². The molecule has 0 aromatic heterocycles. The Morgan fingerprint density at radius 1 is 1.50 bits per heavy atom. The lowest BCUT2D eigenvalue weighted by Crippen LogP contribution is -2.42. The highest BCUT2D eigenvalue weighted by atomic mass is 35.5. The lowest BCUT2D eigenvalue weighted by molar-refractivity contribution is 0.241. The fourth-order valence-corrected chi connectivity index (χ4v) is 2.49. The van der Waals surface area contributed by atoms with Crippen LogP contribution in [0.1, 0.15) is 24.8 Å². The van der Waals surface area contributed by atoms with Crippen LogP contribution in [-0.2, 0) is 5.41 Å². The molecule has 1 saturated carbocycles. The number of halogens is 2. The zero-order valence-electron chi connectivity index (χ0n) is 9.22. The molecule has 0 aliphatic heterocycles. The average molecular weight is 244 g/mol. The van der Waals surface area contributed by atoms with Gasteiger partial charge in [0, 0.05) is 28.6 Å². The van der Waals surface area contributed by atoms with Crippen molar-refractivity contribution in [3.8, 4) is 5.75 Å². The fraction of sp³-hybridized carbons (Fsp3) is 0.500. The molecule has 1 aliphatic rings. The summed E-state index contributed by atoms with van der Waals surface area (Å²) in [7, 11) is 1.44. The topological polar surface area (TPSA) is 35.2 Å². The van der Waals surface area contributed by atoms with Crippen molar-refractivity contribution in [3.05, 3.63) is 28.5 Å². The highest BCUT2D eigenvalue weighted by Gasteiger charge is 2.40. The summed E-state index contributed by atoms with van der Waals surface area (Å²) in [6, 6.07) is 3.16. The first-order valence-electron chi connectivity index (χ1n) is 5.36. The molecule has 1 aromatic rings. The number of benzene rings is 1. The predicted octanol–water partition coefficient (Wildman–Crippen LogP) is 2.87. The summed E-state index contributed by atoms with van der Waals surface area (Å²) in [5, 5.41) is 0.493. The fourth-order valence-electron chi connectivity index (χ4n) is 2.29. The van der Waals surface area contributed by atoms with Crippen LogP contribution < -0.4 is 10.5 Å². The van der Waals surface area contributed by atoms with Gasteiger partial charge in [0.25, 0.3) is 0 Å². The van der Waals surface area contributed by atoms with Crippen LogP contribution in [0.3, 0.4) is 0 Å². The van der Waals surface area contributed by atoms with Gasteiger partial charge in [0.1, 0.15) is 0 Å². The van der Waals surface area contributed by atoms with Gasteiger partial charge in [-0.1, -0.05) is 18.0 Å². The van der Waals surface area contributed by atoms with Crippen LogP contribution in [0.5, 0.6) is 5.75 Å². The van der Waals surface area contributed by atoms with Crippen molar-refractivity contribution in [1.82, 2.24) is 0 Å². The molecule has 4 heteroatoms. The summed E-state index contributed by atoms with van der Waals surface area (Å²) in [4.78, 5) is 0. The average Bonchev–Trinajstić information content (AvgIpc) is 2.21. The zero-order chi connectivity index (χ0) is 11.8. The van der Waals surface area contributed by atoms with Gasteiger partial charge in [-0.2, -0.15) is 0 Å². The molecule has 0 heterocycles. The Kier molecular flexibility index (Phi) is 3.08. The summed E-state index contributed by atoms with van der Waals surface area (Å²) in [5.74, 6) is -0.126. The summed E-state index contributed by atoms with van der Waals surface area (Å²) < 4.78 is 19.1. The third-order valence-corrected chi connectivity index (χ3v) is 3.71. The van der Waals surface area contributed by atoms with Gasteiger partial charge >= 0.3 is 0 Å².